The van der Waals surface area contributed by atoms with Gasteiger partial charge in [0, 0.05) is 6.04 Å². The number of nitrogens with two attached hydrogens (primary N) is 1. The van der Waals surface area contributed by atoms with Crippen LogP contribution >= 0.6 is 0 Å². The van der Waals surface area contributed by atoms with Crippen molar-refractivity contribution in [3.8, 4) is 0 Å². The highest BCUT2D eigenvalue weighted by atomic mass is 15.2. The fourth-order valence-electron chi connectivity index (χ4n) is 1.45. The molecular formula is C11H18N2. The van der Waals surface area contributed by atoms with Crippen molar-refractivity contribution in [1.82, 2.24) is 5.43 Å². The standard InChI is InChI=1S/C11H18N2/c1-8(2)11(13-12)10-6-4-9(3)5-7-10/h4-8,11,13H,12H2,1-3H3. The van der Waals surface area contributed by atoms with Gasteiger partial charge in [-0.1, -0.05) is 43.7 Å². The molecule has 0 aliphatic rings. The van der Waals surface area contributed by atoms with Gasteiger partial charge in [-0.3, -0.25) is 11.3 Å². The maximum atomic E-state index is 5.49. The predicted molar refractivity (Wildman–Crippen MR) is 56.1 cm³/mol. The molecule has 1 aromatic rings. The number of hydrazine groups is 1. The first-order chi connectivity index (χ1) is 6.15. The Kier molecular flexibility index (Phi) is 3.46. The molecule has 1 atom stereocenters. The van der Waals surface area contributed by atoms with Crippen LogP contribution in [-0.4, -0.2) is 0 Å². The third-order valence-electron chi connectivity index (χ3n) is 2.28. The average Bonchev–Trinajstić information content (AvgIpc) is 2.09. The second-order valence-electron chi connectivity index (χ2n) is 3.80. The largest absolute Gasteiger partial charge is 0.271 e. The molecule has 0 bridgehead atoms. The van der Waals surface area contributed by atoms with E-state index in [1.54, 1.807) is 0 Å². The molecule has 0 aliphatic carbocycles. The second-order valence-corrected chi connectivity index (χ2v) is 3.80. The summed E-state index contributed by atoms with van der Waals surface area (Å²) in [6.45, 7) is 6.40. The zero-order valence-corrected chi connectivity index (χ0v) is 8.54. The van der Waals surface area contributed by atoms with Crippen molar-refractivity contribution in [2.75, 3.05) is 0 Å². The van der Waals surface area contributed by atoms with Crippen molar-refractivity contribution in [1.29, 1.82) is 0 Å². The molecule has 2 nitrogen and oxygen atoms in total. The molecule has 0 heterocycles. The molecule has 1 unspecified atom stereocenters. The highest BCUT2D eigenvalue weighted by molar-refractivity contribution is 5.24. The lowest BCUT2D eigenvalue weighted by Gasteiger charge is -2.20. The number of hydrogen-bond acceptors (Lipinski definition) is 2. The molecule has 0 aliphatic heterocycles. The van der Waals surface area contributed by atoms with Gasteiger partial charge < -0.3 is 0 Å². The Morgan fingerprint density at radius 3 is 2.08 bits per heavy atom. The monoisotopic (exact) mass is 178 g/mol. The smallest absolute Gasteiger partial charge is 0.0482 e. The Morgan fingerprint density at radius 2 is 1.69 bits per heavy atom. The first kappa shape index (κ1) is 10.2. The lowest BCUT2D eigenvalue weighted by atomic mass is 9.96. The minimum Gasteiger partial charge on any atom is -0.271 e. The Balaban J connectivity index is 2.86. The number of rotatable bonds is 3. The van der Waals surface area contributed by atoms with Gasteiger partial charge in [-0.2, -0.15) is 0 Å². The number of aryl methyl sites for hydroxylation is 1. The van der Waals surface area contributed by atoms with Crippen LogP contribution in [0.2, 0.25) is 0 Å². The van der Waals surface area contributed by atoms with Crippen LogP contribution in [-0.2, 0) is 0 Å². The Bertz CT molecular complexity index is 251. The SMILES string of the molecule is Cc1ccc(C(NN)C(C)C)cc1. The summed E-state index contributed by atoms with van der Waals surface area (Å²) in [6, 6.07) is 8.73. The van der Waals surface area contributed by atoms with Crippen LogP contribution in [0.25, 0.3) is 0 Å². The van der Waals surface area contributed by atoms with Gasteiger partial charge in [0.2, 0.25) is 0 Å². The van der Waals surface area contributed by atoms with Crippen LogP contribution in [0.5, 0.6) is 0 Å². The Hall–Kier alpha value is -0.860. The van der Waals surface area contributed by atoms with Gasteiger partial charge in [-0.05, 0) is 18.4 Å². The quantitative estimate of drug-likeness (QED) is 0.550. The topological polar surface area (TPSA) is 38.0 Å². The summed E-state index contributed by atoms with van der Waals surface area (Å²) in [5.41, 5.74) is 5.37. The van der Waals surface area contributed by atoms with E-state index in [-0.39, 0.29) is 6.04 Å². The van der Waals surface area contributed by atoms with E-state index < -0.39 is 0 Å². The molecule has 0 spiro atoms. The summed E-state index contributed by atoms with van der Waals surface area (Å²) < 4.78 is 0. The molecule has 0 radical (unpaired) electrons. The second kappa shape index (κ2) is 4.40. The maximum absolute atomic E-state index is 5.49. The van der Waals surface area contributed by atoms with E-state index >= 15 is 0 Å². The molecule has 72 valence electrons. The molecular weight excluding hydrogens is 160 g/mol. The van der Waals surface area contributed by atoms with Crippen LogP contribution < -0.4 is 11.3 Å². The van der Waals surface area contributed by atoms with E-state index in [2.05, 4.69) is 50.5 Å². The van der Waals surface area contributed by atoms with Crippen LogP contribution in [0.1, 0.15) is 31.0 Å². The van der Waals surface area contributed by atoms with Crippen molar-refractivity contribution in [2.45, 2.75) is 26.8 Å². The molecule has 0 fully saturated rings. The third kappa shape index (κ3) is 2.54. The summed E-state index contributed by atoms with van der Waals surface area (Å²) in [4.78, 5) is 0. The normalized spacial score (nSPS) is 13.3. The van der Waals surface area contributed by atoms with E-state index in [1.807, 2.05) is 0 Å². The van der Waals surface area contributed by atoms with Crippen molar-refractivity contribution in [2.24, 2.45) is 11.8 Å². The molecule has 0 saturated carbocycles. The van der Waals surface area contributed by atoms with Crippen molar-refractivity contribution >= 4 is 0 Å². The molecule has 3 N–H and O–H groups in total. The van der Waals surface area contributed by atoms with E-state index in [4.69, 9.17) is 5.84 Å². The minimum absolute atomic E-state index is 0.251. The molecule has 13 heavy (non-hydrogen) atoms. The van der Waals surface area contributed by atoms with E-state index in [0.717, 1.165) is 0 Å². The van der Waals surface area contributed by atoms with Gasteiger partial charge in [0.25, 0.3) is 0 Å². The average molecular weight is 178 g/mol. The van der Waals surface area contributed by atoms with Crippen LogP contribution in [0.15, 0.2) is 24.3 Å². The van der Waals surface area contributed by atoms with E-state index in [9.17, 15) is 0 Å². The first-order valence-electron chi connectivity index (χ1n) is 4.68. The molecule has 0 amide bonds. The molecule has 0 aromatic heterocycles. The maximum Gasteiger partial charge on any atom is 0.0482 e. The number of hydrogen-bond donors (Lipinski definition) is 2. The van der Waals surface area contributed by atoms with Gasteiger partial charge in [0.15, 0.2) is 0 Å². The van der Waals surface area contributed by atoms with Crippen molar-refractivity contribution < 1.29 is 0 Å². The zero-order valence-electron chi connectivity index (χ0n) is 8.54. The molecule has 1 rings (SSSR count). The summed E-state index contributed by atoms with van der Waals surface area (Å²) in [6.07, 6.45) is 0. The van der Waals surface area contributed by atoms with Crippen molar-refractivity contribution in [3.05, 3.63) is 35.4 Å². The highest BCUT2D eigenvalue weighted by Gasteiger charge is 2.12. The van der Waals surface area contributed by atoms with Crippen LogP contribution in [0.4, 0.5) is 0 Å². The molecule has 0 saturated heterocycles. The molecule has 1 aromatic carbocycles. The van der Waals surface area contributed by atoms with Crippen LogP contribution in [0, 0.1) is 12.8 Å². The van der Waals surface area contributed by atoms with Gasteiger partial charge >= 0.3 is 0 Å². The van der Waals surface area contributed by atoms with E-state index in [0.29, 0.717) is 5.92 Å². The highest BCUT2D eigenvalue weighted by Crippen LogP contribution is 2.20. The zero-order chi connectivity index (χ0) is 9.84. The number of nitrogens with one attached hydrogen (secondary N) is 1. The minimum atomic E-state index is 0.251. The third-order valence-corrected chi connectivity index (χ3v) is 2.28. The van der Waals surface area contributed by atoms with Gasteiger partial charge in [-0.15, -0.1) is 0 Å². The number of benzene rings is 1. The summed E-state index contributed by atoms with van der Waals surface area (Å²) in [5, 5.41) is 0. The summed E-state index contributed by atoms with van der Waals surface area (Å²) in [7, 11) is 0. The van der Waals surface area contributed by atoms with Gasteiger partial charge in [0.05, 0.1) is 0 Å². The molecule has 2 heteroatoms. The fraction of sp³-hybridized carbons (Fsp3) is 0.455. The fourth-order valence-corrected chi connectivity index (χ4v) is 1.45. The van der Waals surface area contributed by atoms with Crippen LogP contribution in [0.3, 0.4) is 0 Å². The van der Waals surface area contributed by atoms with Crippen molar-refractivity contribution in [3.63, 3.8) is 0 Å². The summed E-state index contributed by atoms with van der Waals surface area (Å²) >= 11 is 0. The Morgan fingerprint density at radius 1 is 1.15 bits per heavy atom. The lowest BCUT2D eigenvalue weighted by Crippen LogP contribution is -2.31. The van der Waals surface area contributed by atoms with E-state index in [1.165, 1.54) is 11.1 Å². The summed E-state index contributed by atoms with van der Waals surface area (Å²) in [5.74, 6) is 6.00. The lowest BCUT2D eigenvalue weighted by molar-refractivity contribution is 0.421. The predicted octanol–water partition coefficient (Wildman–Crippen LogP) is 2.16. The first-order valence-corrected chi connectivity index (χ1v) is 4.68. The van der Waals surface area contributed by atoms with Gasteiger partial charge in [0.1, 0.15) is 0 Å². The van der Waals surface area contributed by atoms with Gasteiger partial charge in [-0.25, -0.2) is 0 Å². The Labute approximate surface area is 80.1 Å².